The number of benzene rings is 2. The lowest BCUT2D eigenvalue weighted by Crippen LogP contribution is -1.98. The Morgan fingerprint density at radius 3 is 2.46 bits per heavy atom. The van der Waals surface area contributed by atoms with E-state index in [-0.39, 0.29) is 0 Å². The van der Waals surface area contributed by atoms with Crippen LogP contribution in [0.1, 0.15) is 5.01 Å². The van der Waals surface area contributed by atoms with Crippen LogP contribution in [-0.2, 0) is 6.61 Å². The smallest absolute Gasteiger partial charge is 0.235 e. The lowest BCUT2D eigenvalue weighted by atomic mass is 10.2. The van der Waals surface area contributed by atoms with Gasteiger partial charge < -0.3 is 14.2 Å². The van der Waals surface area contributed by atoms with E-state index in [0.29, 0.717) is 17.4 Å². The van der Waals surface area contributed by atoms with Crippen molar-refractivity contribution in [2.24, 2.45) is 0 Å². The van der Waals surface area contributed by atoms with Crippen molar-refractivity contribution in [3.8, 4) is 28.6 Å². The Balaban J connectivity index is 1.57. The fraction of sp³-hybridized carbons (Fsp3) is 0.167. The molecule has 0 aliphatic rings. The number of ether oxygens (including phenoxy) is 3. The molecule has 0 N–H and O–H groups in total. The first-order chi connectivity index (χ1) is 12.8. The van der Waals surface area contributed by atoms with E-state index in [2.05, 4.69) is 15.3 Å². The fourth-order valence-electron chi connectivity index (χ4n) is 2.53. The van der Waals surface area contributed by atoms with Gasteiger partial charge in [0, 0.05) is 0 Å². The van der Waals surface area contributed by atoms with Crippen molar-refractivity contribution in [2.45, 2.75) is 6.61 Å². The van der Waals surface area contributed by atoms with Crippen molar-refractivity contribution in [1.29, 1.82) is 0 Å². The van der Waals surface area contributed by atoms with Crippen LogP contribution in [0, 0.1) is 0 Å². The Labute approximate surface area is 153 Å². The van der Waals surface area contributed by atoms with Gasteiger partial charge in [-0.3, -0.25) is 0 Å². The van der Waals surface area contributed by atoms with Gasteiger partial charge in [0.25, 0.3) is 0 Å². The van der Waals surface area contributed by atoms with Gasteiger partial charge >= 0.3 is 0 Å². The van der Waals surface area contributed by atoms with Gasteiger partial charge in [0.2, 0.25) is 4.96 Å². The Morgan fingerprint density at radius 2 is 1.69 bits per heavy atom. The summed E-state index contributed by atoms with van der Waals surface area (Å²) in [6.07, 6.45) is 0. The predicted molar refractivity (Wildman–Crippen MR) is 98.0 cm³/mol. The summed E-state index contributed by atoms with van der Waals surface area (Å²) in [6, 6.07) is 15.1. The molecule has 0 aliphatic heterocycles. The van der Waals surface area contributed by atoms with Gasteiger partial charge in [-0.05, 0) is 36.4 Å². The highest BCUT2D eigenvalue weighted by Gasteiger charge is 2.16. The van der Waals surface area contributed by atoms with E-state index in [1.165, 1.54) is 11.3 Å². The summed E-state index contributed by atoms with van der Waals surface area (Å²) in [5.74, 6) is 2.91. The number of fused-ring (bicyclic) bond motifs is 1. The molecule has 2 aromatic carbocycles. The normalized spacial score (nSPS) is 10.8. The highest BCUT2D eigenvalue weighted by molar-refractivity contribution is 7.16. The monoisotopic (exact) mass is 368 g/mol. The van der Waals surface area contributed by atoms with Crippen LogP contribution in [-0.4, -0.2) is 34.0 Å². The molecular formula is C18H16N4O3S. The van der Waals surface area contributed by atoms with Gasteiger partial charge in [-0.2, -0.15) is 9.61 Å². The minimum Gasteiger partial charge on any atom is -0.497 e. The van der Waals surface area contributed by atoms with Crippen LogP contribution in [0.4, 0.5) is 0 Å². The third-order valence-corrected chi connectivity index (χ3v) is 4.67. The first kappa shape index (κ1) is 16.3. The molecule has 0 amide bonds. The highest BCUT2D eigenvalue weighted by Crippen LogP contribution is 2.29. The quantitative estimate of drug-likeness (QED) is 0.519. The number of nitrogens with zero attached hydrogens (tertiary/aromatic N) is 4. The molecule has 0 saturated carbocycles. The maximum atomic E-state index is 5.79. The Morgan fingerprint density at radius 1 is 0.923 bits per heavy atom. The summed E-state index contributed by atoms with van der Waals surface area (Å²) in [7, 11) is 3.26. The van der Waals surface area contributed by atoms with E-state index in [4.69, 9.17) is 14.2 Å². The molecule has 26 heavy (non-hydrogen) atoms. The molecule has 7 nitrogen and oxygen atoms in total. The molecule has 0 bridgehead atoms. The van der Waals surface area contributed by atoms with E-state index in [9.17, 15) is 0 Å². The maximum Gasteiger partial charge on any atom is 0.235 e. The van der Waals surface area contributed by atoms with Crippen LogP contribution in [0.3, 0.4) is 0 Å². The molecule has 8 heteroatoms. The number of para-hydroxylation sites is 1. The highest BCUT2D eigenvalue weighted by atomic mass is 32.1. The Bertz CT molecular complexity index is 1030. The zero-order chi connectivity index (χ0) is 17.9. The topological polar surface area (TPSA) is 70.8 Å². The largest absolute Gasteiger partial charge is 0.497 e. The van der Waals surface area contributed by atoms with E-state index >= 15 is 0 Å². The molecule has 0 atom stereocenters. The second kappa shape index (κ2) is 7.01. The van der Waals surface area contributed by atoms with Gasteiger partial charge in [0.15, 0.2) is 10.8 Å². The number of aromatic nitrogens is 4. The van der Waals surface area contributed by atoms with Crippen molar-refractivity contribution < 1.29 is 14.2 Å². The summed E-state index contributed by atoms with van der Waals surface area (Å²) in [5, 5.41) is 13.8. The zero-order valence-electron chi connectivity index (χ0n) is 14.2. The minimum absolute atomic E-state index is 0.353. The average molecular weight is 368 g/mol. The van der Waals surface area contributed by atoms with Crippen LogP contribution in [0.15, 0.2) is 48.5 Å². The number of methoxy groups -OCH3 is 2. The average Bonchev–Trinajstić information content (AvgIpc) is 3.27. The van der Waals surface area contributed by atoms with Gasteiger partial charge in [0.05, 0.1) is 19.8 Å². The lowest BCUT2D eigenvalue weighted by Gasteiger charge is -2.05. The van der Waals surface area contributed by atoms with Crippen molar-refractivity contribution in [3.05, 3.63) is 53.5 Å². The molecule has 132 valence electrons. The molecule has 2 heterocycles. The van der Waals surface area contributed by atoms with Crippen LogP contribution in [0.25, 0.3) is 16.3 Å². The van der Waals surface area contributed by atoms with Crippen LogP contribution < -0.4 is 14.2 Å². The zero-order valence-corrected chi connectivity index (χ0v) is 15.1. The predicted octanol–water partition coefficient (Wildman–Crippen LogP) is 3.45. The second-order valence-corrected chi connectivity index (χ2v) is 6.42. The molecule has 0 spiro atoms. The van der Waals surface area contributed by atoms with E-state index in [1.54, 1.807) is 18.7 Å². The summed E-state index contributed by atoms with van der Waals surface area (Å²) >= 11 is 1.44. The van der Waals surface area contributed by atoms with Crippen LogP contribution >= 0.6 is 11.3 Å². The van der Waals surface area contributed by atoms with Crippen LogP contribution in [0.5, 0.6) is 17.2 Å². The molecule has 4 rings (SSSR count). The molecule has 0 unspecified atom stereocenters. The lowest BCUT2D eigenvalue weighted by molar-refractivity contribution is 0.303. The summed E-state index contributed by atoms with van der Waals surface area (Å²) in [6.45, 7) is 0.353. The third-order valence-electron chi connectivity index (χ3n) is 3.80. The first-order valence-electron chi connectivity index (χ1n) is 7.90. The first-order valence-corrected chi connectivity index (χ1v) is 8.71. The standard InChI is InChI=1S/C18H16N4O3S/c1-23-12-7-9-13(10-8-12)25-11-16-21-22-17(19-20-18(22)26-16)14-5-3-4-6-15(14)24-2/h3-10H,11H2,1-2H3. The molecule has 0 radical (unpaired) electrons. The van der Waals surface area contributed by atoms with Gasteiger partial charge in [-0.1, -0.05) is 23.5 Å². The number of rotatable bonds is 6. The molecule has 4 aromatic rings. The third kappa shape index (κ3) is 3.06. The van der Waals surface area contributed by atoms with E-state index in [1.807, 2.05) is 48.5 Å². The summed E-state index contributed by atoms with van der Waals surface area (Å²) < 4.78 is 18.1. The van der Waals surface area contributed by atoms with Crippen molar-refractivity contribution in [2.75, 3.05) is 14.2 Å². The summed E-state index contributed by atoms with van der Waals surface area (Å²) in [4.78, 5) is 0.708. The number of hydrogen-bond donors (Lipinski definition) is 0. The van der Waals surface area contributed by atoms with Crippen molar-refractivity contribution in [3.63, 3.8) is 0 Å². The fourth-order valence-corrected chi connectivity index (χ4v) is 3.28. The SMILES string of the molecule is COc1ccc(OCc2nn3c(-c4ccccc4OC)nnc3s2)cc1. The molecule has 0 aliphatic carbocycles. The Kier molecular flexibility index (Phi) is 4.40. The van der Waals surface area contributed by atoms with Crippen molar-refractivity contribution in [1.82, 2.24) is 19.8 Å². The number of hydrogen-bond acceptors (Lipinski definition) is 7. The van der Waals surface area contributed by atoms with Gasteiger partial charge in [-0.15, -0.1) is 10.2 Å². The summed E-state index contributed by atoms with van der Waals surface area (Å²) in [5.41, 5.74) is 0.843. The van der Waals surface area contributed by atoms with Crippen molar-refractivity contribution >= 4 is 16.3 Å². The van der Waals surface area contributed by atoms with Gasteiger partial charge in [0.1, 0.15) is 23.9 Å². The van der Waals surface area contributed by atoms with E-state index in [0.717, 1.165) is 27.8 Å². The molecule has 0 saturated heterocycles. The molecule has 0 fully saturated rings. The second-order valence-electron chi connectivity index (χ2n) is 5.38. The Hall–Kier alpha value is -3.13. The van der Waals surface area contributed by atoms with E-state index < -0.39 is 0 Å². The minimum atomic E-state index is 0.353. The van der Waals surface area contributed by atoms with Gasteiger partial charge in [-0.25, -0.2) is 0 Å². The molecule has 2 aromatic heterocycles. The molecular weight excluding hydrogens is 352 g/mol. The maximum absolute atomic E-state index is 5.79. The van der Waals surface area contributed by atoms with Crippen LogP contribution in [0.2, 0.25) is 0 Å².